The van der Waals surface area contributed by atoms with Gasteiger partial charge in [-0.3, -0.25) is 9.59 Å². The van der Waals surface area contributed by atoms with Crippen LogP contribution in [-0.4, -0.2) is 81.9 Å². The molecule has 1 spiro atoms. The average Bonchev–Trinajstić information content (AvgIpc) is 3.13. The van der Waals surface area contributed by atoms with Crippen LogP contribution in [0.5, 0.6) is 0 Å². The number of rotatable bonds is 3. The highest BCUT2D eigenvalue weighted by Crippen LogP contribution is 2.74. The van der Waals surface area contributed by atoms with Crippen molar-refractivity contribution < 1.29 is 53.4 Å². The summed E-state index contributed by atoms with van der Waals surface area (Å²) in [6, 6.07) is 0. The lowest BCUT2D eigenvalue weighted by Gasteiger charge is -2.69. The molecule has 2 saturated heterocycles. The quantitative estimate of drug-likeness (QED) is 0.257. The van der Waals surface area contributed by atoms with Gasteiger partial charge >= 0.3 is 17.9 Å². The van der Waals surface area contributed by atoms with E-state index in [0.29, 0.717) is 11.1 Å². The van der Waals surface area contributed by atoms with Crippen LogP contribution in [0.2, 0.25) is 0 Å². The Morgan fingerprint density at radius 1 is 1.18 bits per heavy atom. The molecule has 208 valence electrons. The van der Waals surface area contributed by atoms with Gasteiger partial charge in [0.2, 0.25) is 6.10 Å². The monoisotopic (exact) mass is 534 g/mol. The van der Waals surface area contributed by atoms with E-state index in [4.69, 9.17) is 18.9 Å². The summed E-state index contributed by atoms with van der Waals surface area (Å²) in [6.07, 6.45) is -4.24. The molecule has 0 aromatic heterocycles. The largest absolute Gasteiger partial charge is 0.455 e. The fourth-order valence-electron chi connectivity index (χ4n) is 8.49. The van der Waals surface area contributed by atoms with Crippen LogP contribution in [0.25, 0.3) is 0 Å². The smallest absolute Gasteiger partial charge is 0.348 e. The lowest BCUT2D eigenvalue weighted by molar-refractivity contribution is -0.352. The molecular weight excluding hydrogens is 500 g/mol. The molecule has 2 aliphatic heterocycles. The molecular formula is C27H34O11. The van der Waals surface area contributed by atoms with Crippen LogP contribution in [0.4, 0.5) is 0 Å². The Kier molecular flexibility index (Phi) is 6.00. The number of aliphatic hydroxyl groups is 3. The Bertz CT molecular complexity index is 1170. The third kappa shape index (κ3) is 3.10. The number of carbonyl (C=O) groups excluding carboxylic acids is 4. The van der Waals surface area contributed by atoms with Gasteiger partial charge < -0.3 is 34.3 Å². The van der Waals surface area contributed by atoms with Crippen molar-refractivity contribution in [3.63, 3.8) is 0 Å². The van der Waals surface area contributed by atoms with E-state index < -0.39 is 94.5 Å². The van der Waals surface area contributed by atoms with Gasteiger partial charge in [0.05, 0.1) is 12.0 Å². The van der Waals surface area contributed by atoms with Crippen molar-refractivity contribution >= 4 is 23.7 Å². The lowest BCUT2D eigenvalue weighted by Crippen LogP contribution is -2.81. The number of fused-ring (bicyclic) bond motifs is 1. The second-order valence-electron chi connectivity index (χ2n) is 11.7. The zero-order chi connectivity index (χ0) is 28.1. The van der Waals surface area contributed by atoms with E-state index in [1.165, 1.54) is 6.08 Å². The third-order valence-corrected chi connectivity index (χ3v) is 9.87. The number of hydrogen-bond donors (Lipinski definition) is 3. The predicted molar refractivity (Wildman–Crippen MR) is 127 cm³/mol. The van der Waals surface area contributed by atoms with E-state index in [2.05, 4.69) is 0 Å². The maximum absolute atomic E-state index is 13.4. The van der Waals surface area contributed by atoms with Crippen LogP contribution in [0.15, 0.2) is 23.3 Å². The van der Waals surface area contributed by atoms with Gasteiger partial charge in [-0.2, -0.15) is 0 Å². The van der Waals surface area contributed by atoms with E-state index in [0.717, 1.165) is 6.92 Å². The second-order valence-corrected chi connectivity index (χ2v) is 11.7. The van der Waals surface area contributed by atoms with Gasteiger partial charge in [-0.05, 0) is 32.8 Å². The number of hydrogen-bond acceptors (Lipinski definition) is 11. The van der Waals surface area contributed by atoms with Gasteiger partial charge in [0.15, 0.2) is 11.6 Å². The van der Waals surface area contributed by atoms with Crippen LogP contribution in [0.1, 0.15) is 41.5 Å². The van der Waals surface area contributed by atoms with Crippen LogP contribution in [0.3, 0.4) is 0 Å². The fourth-order valence-corrected chi connectivity index (χ4v) is 8.49. The Balaban J connectivity index is 1.81. The molecule has 0 unspecified atom stereocenters. The van der Waals surface area contributed by atoms with E-state index >= 15 is 0 Å². The molecule has 0 aromatic carbocycles. The van der Waals surface area contributed by atoms with Crippen LogP contribution >= 0.6 is 0 Å². The van der Waals surface area contributed by atoms with Crippen molar-refractivity contribution in [2.45, 2.75) is 77.8 Å². The molecule has 12 atom stereocenters. The minimum Gasteiger partial charge on any atom is -0.455 e. The summed E-state index contributed by atoms with van der Waals surface area (Å²) in [6.45, 7) is 8.95. The average molecular weight is 535 g/mol. The first kappa shape index (κ1) is 27.0. The highest BCUT2D eigenvalue weighted by Gasteiger charge is 2.85. The zero-order valence-corrected chi connectivity index (χ0v) is 22.2. The van der Waals surface area contributed by atoms with Crippen LogP contribution in [-0.2, 0) is 38.1 Å². The third-order valence-electron chi connectivity index (χ3n) is 9.87. The number of esters is 3. The van der Waals surface area contributed by atoms with Crippen molar-refractivity contribution in [2.24, 2.45) is 34.5 Å². The van der Waals surface area contributed by atoms with Gasteiger partial charge in [-0.15, -0.1) is 0 Å². The van der Waals surface area contributed by atoms with E-state index in [1.807, 2.05) is 0 Å². The Labute approximate surface area is 219 Å². The summed E-state index contributed by atoms with van der Waals surface area (Å²) < 4.78 is 23.3. The van der Waals surface area contributed by atoms with Crippen LogP contribution in [0, 0.1) is 34.5 Å². The zero-order valence-electron chi connectivity index (χ0n) is 22.2. The molecule has 5 rings (SSSR count). The lowest BCUT2D eigenvalue weighted by atomic mass is 9.37. The SMILES string of the molecule is C/C=C(/C)C(=O)O[C@@H]1[C@H]2C(C)=CC(=O)[C@@H](O)[C@]2(C)[C@H]2[C@@]3(O)OC[C@]24[C@H]([C@@H](C)[C@H]3O)[C@@H](OC(C)=O)C(=O)O[C@H]14. The summed E-state index contributed by atoms with van der Waals surface area (Å²) in [5.41, 5.74) is -2.17. The summed E-state index contributed by atoms with van der Waals surface area (Å²) in [4.78, 5) is 51.6. The second kappa shape index (κ2) is 8.45. The minimum atomic E-state index is -2.24. The van der Waals surface area contributed by atoms with Crippen molar-refractivity contribution in [3.8, 4) is 0 Å². The topological polar surface area (TPSA) is 166 Å². The van der Waals surface area contributed by atoms with Crippen molar-refractivity contribution in [1.82, 2.24) is 0 Å². The van der Waals surface area contributed by atoms with Gasteiger partial charge in [-0.25, -0.2) is 9.59 Å². The summed E-state index contributed by atoms with van der Waals surface area (Å²) in [7, 11) is 0. The molecule has 0 radical (unpaired) electrons. The standard InChI is InChI=1S/C27H34O11/c1-7-10(2)22(32)37-17-15-11(3)8-14(29)20(31)25(15,6)24-26-9-35-27(24,34)19(30)12(4)16(26)18(36-13(5)28)23(33)38-21(17)26/h7-8,12,15-21,24,30-31,34H,9H2,1-6H3/b10-7-/t12-,15-,16-,17-,18-,19-,20-,21-,24-,25-,26-,27+/m1/s1. The molecule has 2 saturated carbocycles. The number of ketones is 1. The fraction of sp³-hybridized carbons (Fsp3) is 0.704. The maximum atomic E-state index is 13.4. The highest BCUT2D eigenvalue weighted by atomic mass is 16.7. The van der Waals surface area contributed by atoms with Gasteiger partial charge in [0.1, 0.15) is 24.4 Å². The molecule has 5 aliphatic rings. The van der Waals surface area contributed by atoms with Gasteiger partial charge in [0.25, 0.3) is 0 Å². The molecule has 11 heteroatoms. The van der Waals surface area contributed by atoms with Crippen molar-refractivity contribution in [3.05, 3.63) is 23.3 Å². The predicted octanol–water partition coefficient (Wildman–Crippen LogP) is 0.196. The minimum absolute atomic E-state index is 0.265. The van der Waals surface area contributed by atoms with Crippen LogP contribution < -0.4 is 0 Å². The molecule has 4 fully saturated rings. The molecule has 2 bridgehead atoms. The Hall–Kier alpha value is -2.60. The molecule has 0 amide bonds. The maximum Gasteiger partial charge on any atom is 0.348 e. The molecule has 3 N–H and O–H groups in total. The normalized spacial score (nSPS) is 49.3. The van der Waals surface area contributed by atoms with Crippen molar-refractivity contribution in [1.29, 1.82) is 0 Å². The first-order valence-electron chi connectivity index (χ1n) is 12.8. The number of ether oxygens (including phenoxy) is 4. The number of aliphatic hydroxyl groups excluding tert-OH is 2. The van der Waals surface area contributed by atoms with Gasteiger partial charge in [-0.1, -0.05) is 25.5 Å². The number of carbonyl (C=O) groups is 4. The molecule has 2 heterocycles. The first-order chi connectivity index (χ1) is 17.7. The Morgan fingerprint density at radius 3 is 2.45 bits per heavy atom. The summed E-state index contributed by atoms with van der Waals surface area (Å²) in [5.74, 6) is -9.01. The molecule has 0 aromatic rings. The van der Waals surface area contributed by atoms with Crippen molar-refractivity contribution in [2.75, 3.05) is 6.61 Å². The summed E-state index contributed by atoms with van der Waals surface area (Å²) >= 11 is 0. The highest BCUT2D eigenvalue weighted by molar-refractivity contribution is 5.96. The van der Waals surface area contributed by atoms with E-state index in [9.17, 15) is 34.5 Å². The summed E-state index contributed by atoms with van der Waals surface area (Å²) in [5, 5.41) is 34.8. The van der Waals surface area contributed by atoms with E-state index in [1.54, 1.807) is 40.7 Å². The molecule has 3 aliphatic carbocycles. The number of allylic oxidation sites excluding steroid dienone is 1. The molecule has 38 heavy (non-hydrogen) atoms. The molecule has 11 nitrogen and oxygen atoms in total. The van der Waals surface area contributed by atoms with Gasteiger partial charge in [0, 0.05) is 35.7 Å². The van der Waals surface area contributed by atoms with E-state index in [-0.39, 0.29) is 6.61 Å². The Morgan fingerprint density at radius 2 is 1.84 bits per heavy atom. The first-order valence-corrected chi connectivity index (χ1v) is 12.8.